The van der Waals surface area contributed by atoms with E-state index in [1.54, 1.807) is 18.5 Å². The van der Waals surface area contributed by atoms with Crippen molar-refractivity contribution in [2.24, 2.45) is 0 Å². The molecule has 1 aromatic heterocycles. The topological polar surface area (TPSA) is 58.0 Å². The summed E-state index contributed by atoms with van der Waals surface area (Å²) in [6.45, 7) is 2.74. The molecular formula is C13H15N3O. The molecule has 1 aromatic carbocycles. The van der Waals surface area contributed by atoms with Gasteiger partial charge in [0.05, 0.1) is 0 Å². The smallest absolute Gasteiger partial charge is 0.129 e. The van der Waals surface area contributed by atoms with Crippen LogP contribution in [0.1, 0.15) is 11.3 Å². The monoisotopic (exact) mass is 229 g/mol. The lowest BCUT2D eigenvalue weighted by molar-refractivity contribution is 0.475. The van der Waals surface area contributed by atoms with Crippen LogP contribution in [0, 0.1) is 6.92 Å². The van der Waals surface area contributed by atoms with Crippen LogP contribution in [0.3, 0.4) is 0 Å². The molecule has 0 spiro atoms. The molecule has 0 aliphatic heterocycles. The van der Waals surface area contributed by atoms with Crippen LogP contribution in [0.15, 0.2) is 36.7 Å². The highest BCUT2D eigenvalue weighted by Crippen LogP contribution is 2.10. The molecule has 0 aliphatic carbocycles. The van der Waals surface area contributed by atoms with Gasteiger partial charge in [-0.2, -0.15) is 0 Å². The summed E-state index contributed by atoms with van der Waals surface area (Å²) in [5.74, 6) is 1.14. The molecule has 0 aliphatic rings. The molecular weight excluding hydrogens is 214 g/mol. The van der Waals surface area contributed by atoms with Gasteiger partial charge in [0.15, 0.2) is 0 Å². The van der Waals surface area contributed by atoms with E-state index in [1.807, 2.05) is 25.1 Å². The fourth-order valence-electron chi connectivity index (χ4n) is 1.55. The van der Waals surface area contributed by atoms with Gasteiger partial charge in [0.25, 0.3) is 0 Å². The summed E-state index contributed by atoms with van der Waals surface area (Å²) < 4.78 is 0. The molecule has 0 radical (unpaired) electrons. The molecule has 0 unspecified atom stereocenters. The Hall–Kier alpha value is -2.10. The Morgan fingerprint density at radius 3 is 2.65 bits per heavy atom. The molecule has 17 heavy (non-hydrogen) atoms. The Bertz CT molecular complexity index is 482. The average Bonchev–Trinajstić information content (AvgIpc) is 2.32. The lowest BCUT2D eigenvalue weighted by atomic mass is 10.1. The Balaban J connectivity index is 1.85. The molecule has 2 N–H and O–H groups in total. The normalized spacial score (nSPS) is 10.2. The highest BCUT2D eigenvalue weighted by Gasteiger charge is 1.96. The zero-order chi connectivity index (χ0) is 12.1. The van der Waals surface area contributed by atoms with Crippen LogP contribution in [-0.4, -0.2) is 21.6 Å². The minimum Gasteiger partial charge on any atom is -0.508 e. The van der Waals surface area contributed by atoms with Crippen LogP contribution >= 0.6 is 0 Å². The van der Waals surface area contributed by atoms with Gasteiger partial charge in [-0.3, -0.25) is 0 Å². The molecule has 0 amide bonds. The SMILES string of the molecule is Cc1cc(NCCc2ccc(O)cc2)ncn1. The lowest BCUT2D eigenvalue weighted by Gasteiger charge is -2.05. The van der Waals surface area contributed by atoms with Crippen LogP contribution in [0.5, 0.6) is 5.75 Å². The van der Waals surface area contributed by atoms with E-state index in [1.165, 1.54) is 5.56 Å². The van der Waals surface area contributed by atoms with E-state index in [-0.39, 0.29) is 0 Å². The maximum Gasteiger partial charge on any atom is 0.129 e. The fourth-order valence-corrected chi connectivity index (χ4v) is 1.55. The van der Waals surface area contributed by atoms with Gasteiger partial charge in [0.1, 0.15) is 17.9 Å². The molecule has 1 heterocycles. The summed E-state index contributed by atoms with van der Waals surface area (Å²) in [7, 11) is 0. The third-order valence-electron chi connectivity index (χ3n) is 2.46. The number of phenols is 1. The van der Waals surface area contributed by atoms with Crippen LogP contribution in [0.4, 0.5) is 5.82 Å². The van der Waals surface area contributed by atoms with Gasteiger partial charge in [-0.25, -0.2) is 9.97 Å². The number of benzene rings is 1. The van der Waals surface area contributed by atoms with Gasteiger partial charge in [-0.05, 0) is 31.0 Å². The number of aryl methyl sites for hydroxylation is 1. The van der Waals surface area contributed by atoms with E-state index in [4.69, 9.17) is 5.11 Å². The van der Waals surface area contributed by atoms with E-state index in [0.29, 0.717) is 5.75 Å². The van der Waals surface area contributed by atoms with Crippen molar-refractivity contribution in [3.8, 4) is 5.75 Å². The van der Waals surface area contributed by atoms with E-state index in [2.05, 4.69) is 15.3 Å². The van der Waals surface area contributed by atoms with Crippen molar-refractivity contribution in [2.75, 3.05) is 11.9 Å². The van der Waals surface area contributed by atoms with E-state index >= 15 is 0 Å². The highest BCUT2D eigenvalue weighted by atomic mass is 16.3. The second kappa shape index (κ2) is 5.30. The maximum absolute atomic E-state index is 9.16. The van der Waals surface area contributed by atoms with Crippen LogP contribution < -0.4 is 5.32 Å². The van der Waals surface area contributed by atoms with Crippen molar-refractivity contribution in [1.29, 1.82) is 0 Å². The number of hydrogen-bond acceptors (Lipinski definition) is 4. The third kappa shape index (κ3) is 3.45. The molecule has 2 aromatic rings. The molecule has 88 valence electrons. The maximum atomic E-state index is 9.16. The summed E-state index contributed by atoms with van der Waals surface area (Å²) in [4.78, 5) is 8.16. The number of nitrogens with one attached hydrogen (secondary N) is 1. The fraction of sp³-hybridized carbons (Fsp3) is 0.231. The average molecular weight is 229 g/mol. The largest absolute Gasteiger partial charge is 0.508 e. The van der Waals surface area contributed by atoms with E-state index in [0.717, 1.165) is 24.5 Å². The van der Waals surface area contributed by atoms with Crippen molar-refractivity contribution in [3.05, 3.63) is 47.9 Å². The number of nitrogens with zero attached hydrogens (tertiary/aromatic N) is 2. The molecule has 2 rings (SSSR count). The number of hydrogen-bond donors (Lipinski definition) is 2. The van der Waals surface area contributed by atoms with Crippen molar-refractivity contribution in [3.63, 3.8) is 0 Å². The Morgan fingerprint density at radius 2 is 1.94 bits per heavy atom. The first-order valence-electron chi connectivity index (χ1n) is 5.54. The first-order chi connectivity index (χ1) is 8.24. The minimum atomic E-state index is 0.299. The van der Waals surface area contributed by atoms with Crippen LogP contribution in [0.25, 0.3) is 0 Å². The summed E-state index contributed by atoms with van der Waals surface area (Å²) >= 11 is 0. The predicted octanol–water partition coefficient (Wildman–Crippen LogP) is 2.15. The van der Waals surface area contributed by atoms with E-state index < -0.39 is 0 Å². The van der Waals surface area contributed by atoms with Gasteiger partial charge in [-0.1, -0.05) is 12.1 Å². The molecule has 0 saturated carbocycles. The van der Waals surface area contributed by atoms with Gasteiger partial charge >= 0.3 is 0 Å². The summed E-state index contributed by atoms with van der Waals surface area (Å²) in [6.07, 6.45) is 2.45. The molecule has 0 atom stereocenters. The highest BCUT2D eigenvalue weighted by molar-refractivity contribution is 5.35. The minimum absolute atomic E-state index is 0.299. The van der Waals surface area contributed by atoms with Crippen molar-refractivity contribution in [2.45, 2.75) is 13.3 Å². The van der Waals surface area contributed by atoms with Gasteiger partial charge in [0, 0.05) is 18.3 Å². The Labute approximate surface area is 100 Å². The number of rotatable bonds is 4. The second-order valence-electron chi connectivity index (χ2n) is 3.89. The van der Waals surface area contributed by atoms with Gasteiger partial charge in [-0.15, -0.1) is 0 Å². The molecule has 0 fully saturated rings. The summed E-state index contributed by atoms with van der Waals surface area (Å²) in [5, 5.41) is 12.4. The predicted molar refractivity (Wildman–Crippen MR) is 67.1 cm³/mol. The molecule has 4 heteroatoms. The zero-order valence-corrected chi connectivity index (χ0v) is 9.72. The van der Waals surface area contributed by atoms with Gasteiger partial charge in [0.2, 0.25) is 0 Å². The first kappa shape index (κ1) is 11.4. The third-order valence-corrected chi connectivity index (χ3v) is 2.46. The van der Waals surface area contributed by atoms with Crippen LogP contribution in [-0.2, 0) is 6.42 Å². The number of anilines is 1. The molecule has 4 nitrogen and oxygen atoms in total. The first-order valence-corrected chi connectivity index (χ1v) is 5.54. The Kier molecular flexibility index (Phi) is 3.55. The van der Waals surface area contributed by atoms with Crippen LogP contribution in [0.2, 0.25) is 0 Å². The quantitative estimate of drug-likeness (QED) is 0.843. The second-order valence-corrected chi connectivity index (χ2v) is 3.89. The molecule has 0 saturated heterocycles. The van der Waals surface area contributed by atoms with Gasteiger partial charge < -0.3 is 10.4 Å². The molecule has 0 bridgehead atoms. The summed E-state index contributed by atoms with van der Waals surface area (Å²) in [6, 6.07) is 9.15. The van der Waals surface area contributed by atoms with Crippen molar-refractivity contribution < 1.29 is 5.11 Å². The lowest BCUT2D eigenvalue weighted by Crippen LogP contribution is -2.06. The number of aromatic nitrogens is 2. The zero-order valence-electron chi connectivity index (χ0n) is 9.72. The van der Waals surface area contributed by atoms with Crippen molar-refractivity contribution >= 4 is 5.82 Å². The number of aromatic hydroxyl groups is 1. The van der Waals surface area contributed by atoms with E-state index in [9.17, 15) is 0 Å². The Morgan fingerprint density at radius 1 is 1.18 bits per heavy atom. The van der Waals surface area contributed by atoms with Crippen molar-refractivity contribution in [1.82, 2.24) is 9.97 Å². The summed E-state index contributed by atoms with van der Waals surface area (Å²) in [5.41, 5.74) is 2.13. The standard InChI is InChI=1S/C13H15N3O/c1-10-8-13(16-9-15-10)14-7-6-11-2-4-12(17)5-3-11/h2-5,8-9,17H,6-7H2,1H3,(H,14,15,16). The number of phenolic OH excluding ortho intramolecular Hbond substituents is 1.